The number of nitrogens with zero attached hydrogens (tertiary/aromatic N) is 3. The van der Waals surface area contributed by atoms with Gasteiger partial charge in [-0.2, -0.15) is 0 Å². The third kappa shape index (κ3) is 13.0. The third-order valence-corrected chi connectivity index (χ3v) is 11.4. The number of likely N-dealkylation sites (N-methyl/N-ethyl adjacent to an activating group) is 2. The van der Waals surface area contributed by atoms with E-state index in [0.29, 0.717) is 25.8 Å². The number of amides is 5. The second-order valence-electron chi connectivity index (χ2n) is 16.3. The molecule has 1 aromatic rings. The highest BCUT2D eigenvalue weighted by atomic mass is 16.5. The van der Waals surface area contributed by atoms with Gasteiger partial charge >= 0.3 is 5.97 Å². The van der Waals surface area contributed by atoms with Gasteiger partial charge in [0, 0.05) is 41.3 Å². The van der Waals surface area contributed by atoms with Crippen molar-refractivity contribution in [1.29, 1.82) is 0 Å². The Morgan fingerprint density at radius 1 is 0.877 bits per heavy atom. The number of methoxy groups -OCH3 is 2. The number of benzene rings is 1. The van der Waals surface area contributed by atoms with Crippen molar-refractivity contribution in [1.82, 2.24) is 25.3 Å². The number of nitrogens with two attached hydrogens (primary N) is 1. The van der Waals surface area contributed by atoms with Crippen molar-refractivity contribution in [3.05, 3.63) is 35.9 Å². The molecule has 57 heavy (non-hydrogen) atoms. The Hall–Kier alpha value is -4.08. The molecule has 0 unspecified atom stereocenters. The summed E-state index contributed by atoms with van der Waals surface area (Å²) in [4.78, 5) is 85.3. The first-order valence-corrected chi connectivity index (χ1v) is 20.2. The lowest BCUT2D eigenvalue weighted by Gasteiger charge is -2.41. The molecular weight excluding hydrogens is 732 g/mol. The summed E-state index contributed by atoms with van der Waals surface area (Å²) in [5.74, 6) is -4.55. The first-order valence-electron chi connectivity index (χ1n) is 20.2. The maximum atomic E-state index is 14.4. The predicted octanol–water partition coefficient (Wildman–Crippen LogP) is 2.69. The summed E-state index contributed by atoms with van der Waals surface area (Å²) in [5.41, 5.74) is 6.61. The molecule has 1 heterocycles. The summed E-state index contributed by atoms with van der Waals surface area (Å²) in [6.45, 7) is 14.9. The summed E-state index contributed by atoms with van der Waals surface area (Å²) in [5, 5.41) is 15.5. The van der Waals surface area contributed by atoms with Crippen LogP contribution in [0.1, 0.15) is 86.6 Å². The molecule has 0 radical (unpaired) electrons. The van der Waals surface area contributed by atoms with E-state index in [1.165, 1.54) is 26.2 Å². The summed E-state index contributed by atoms with van der Waals surface area (Å²) in [7, 11) is 6.18. The lowest BCUT2D eigenvalue weighted by molar-refractivity contribution is -0.149. The molecule has 1 aliphatic heterocycles. The van der Waals surface area contributed by atoms with E-state index < -0.39 is 78.1 Å². The molecule has 1 fully saturated rings. The van der Waals surface area contributed by atoms with E-state index in [2.05, 4.69) is 10.6 Å². The van der Waals surface area contributed by atoms with Crippen molar-refractivity contribution < 1.29 is 43.3 Å². The van der Waals surface area contributed by atoms with Gasteiger partial charge in [0.15, 0.2) is 0 Å². The van der Waals surface area contributed by atoms with Crippen molar-refractivity contribution in [3.8, 4) is 0 Å². The van der Waals surface area contributed by atoms with E-state index in [9.17, 15) is 33.9 Å². The summed E-state index contributed by atoms with van der Waals surface area (Å²) >= 11 is 0. The maximum Gasteiger partial charge on any atom is 0.326 e. The molecule has 15 heteroatoms. The number of nitrogens with one attached hydrogen (secondary N) is 2. The van der Waals surface area contributed by atoms with Crippen LogP contribution in [0.5, 0.6) is 0 Å². The molecule has 10 atom stereocenters. The average molecular weight is 803 g/mol. The number of carbonyl (C=O) groups is 6. The van der Waals surface area contributed by atoms with E-state index in [0.717, 1.165) is 5.56 Å². The highest BCUT2D eigenvalue weighted by molar-refractivity contribution is 5.93. The van der Waals surface area contributed by atoms with Gasteiger partial charge in [-0.3, -0.25) is 24.0 Å². The minimum Gasteiger partial charge on any atom is -0.480 e. The number of carboxylic acids is 1. The summed E-state index contributed by atoms with van der Waals surface area (Å²) in [6, 6.07) is 4.29. The van der Waals surface area contributed by atoms with Gasteiger partial charge in [0.1, 0.15) is 18.1 Å². The van der Waals surface area contributed by atoms with Crippen LogP contribution in [0, 0.1) is 23.7 Å². The van der Waals surface area contributed by atoms with Gasteiger partial charge in [-0.1, -0.05) is 85.2 Å². The van der Waals surface area contributed by atoms with Crippen LogP contribution in [0.25, 0.3) is 0 Å². The molecule has 0 aliphatic carbocycles. The standard InChI is InChI=1S/C42H70N6O9/c1-13-26(6)36(47(10)41(53)34(24(2)3)45-39(51)35(25(4)5)46(9)40(52)28(8)43)32(56-11)23-33(49)48-21-17-20-31(48)37(57-12)27(7)38(50)44-30(42(54)55)22-29-18-15-14-16-19-29/h14-16,18-19,24-28,30-32,34-37H,13,17,20-23,43H2,1-12H3,(H,44,50)(H,45,51)(H,54,55)/t26-,27+,28+,30-,31-,32+,34-,35-,36-,37+/m0/s1. The van der Waals surface area contributed by atoms with Crippen LogP contribution < -0.4 is 16.4 Å². The number of hydrogen-bond acceptors (Lipinski definition) is 9. The van der Waals surface area contributed by atoms with Gasteiger partial charge < -0.3 is 45.6 Å². The molecule has 0 bridgehead atoms. The van der Waals surface area contributed by atoms with Crippen molar-refractivity contribution in [3.63, 3.8) is 0 Å². The van der Waals surface area contributed by atoms with Crippen molar-refractivity contribution in [2.24, 2.45) is 29.4 Å². The second kappa shape index (κ2) is 22.8. The van der Waals surface area contributed by atoms with Crippen molar-refractivity contribution in [2.45, 2.75) is 136 Å². The normalized spacial score (nSPS) is 19.1. The van der Waals surface area contributed by atoms with Gasteiger partial charge in [-0.05, 0) is 43.1 Å². The van der Waals surface area contributed by atoms with Crippen LogP contribution in [-0.4, -0.2) is 139 Å². The van der Waals surface area contributed by atoms with Crippen LogP contribution in [0.3, 0.4) is 0 Å². The molecule has 1 aliphatic rings. The smallest absolute Gasteiger partial charge is 0.326 e. The molecule has 5 amide bonds. The van der Waals surface area contributed by atoms with Crippen LogP contribution in [0.15, 0.2) is 30.3 Å². The van der Waals surface area contributed by atoms with E-state index in [1.807, 2.05) is 47.6 Å². The molecule has 0 aromatic heterocycles. The lowest BCUT2D eigenvalue weighted by atomic mass is 9.89. The minimum absolute atomic E-state index is 0.0624. The first-order chi connectivity index (χ1) is 26.7. The summed E-state index contributed by atoms with van der Waals surface area (Å²) in [6.07, 6.45) is 0.540. The molecular formula is C42H70N6O9. The fourth-order valence-electron chi connectivity index (χ4n) is 8.01. The maximum absolute atomic E-state index is 14.4. The Labute approximate surface area is 339 Å². The molecule has 0 saturated carbocycles. The van der Waals surface area contributed by atoms with Crippen molar-refractivity contribution >= 4 is 35.5 Å². The van der Waals surface area contributed by atoms with Crippen LogP contribution in [0.4, 0.5) is 0 Å². The summed E-state index contributed by atoms with van der Waals surface area (Å²) < 4.78 is 11.9. The predicted molar refractivity (Wildman–Crippen MR) is 218 cm³/mol. The average Bonchev–Trinajstić information content (AvgIpc) is 3.65. The number of carboxylic acid groups (broad SMARTS) is 1. The zero-order valence-corrected chi connectivity index (χ0v) is 36.2. The molecule has 15 nitrogen and oxygen atoms in total. The highest BCUT2D eigenvalue weighted by Crippen LogP contribution is 2.30. The Morgan fingerprint density at radius 3 is 1.98 bits per heavy atom. The van der Waals surface area contributed by atoms with Crippen molar-refractivity contribution in [2.75, 3.05) is 34.9 Å². The zero-order chi connectivity index (χ0) is 43.3. The minimum atomic E-state index is -1.15. The Kier molecular flexibility index (Phi) is 19.6. The third-order valence-electron chi connectivity index (χ3n) is 11.4. The molecule has 322 valence electrons. The van der Waals surface area contributed by atoms with E-state index in [1.54, 1.807) is 55.0 Å². The number of aliphatic carboxylic acids is 1. The monoisotopic (exact) mass is 803 g/mol. The number of rotatable bonds is 22. The van der Waals surface area contributed by atoms with Gasteiger partial charge in [-0.15, -0.1) is 0 Å². The lowest BCUT2D eigenvalue weighted by Crippen LogP contribution is -2.61. The molecule has 2 rings (SSSR count). The van der Waals surface area contributed by atoms with E-state index in [-0.39, 0.29) is 42.4 Å². The van der Waals surface area contributed by atoms with Gasteiger partial charge in [-0.25, -0.2) is 4.79 Å². The topological polar surface area (TPSA) is 201 Å². The SMILES string of the molecule is CC[C@H](C)[C@@H]([C@@H](CC(=O)N1CCC[C@H]1[C@H](OC)[C@@H](C)C(=O)N[C@@H](Cc1ccccc1)C(=O)O)OC)N(C)C(=O)[C@@H](NC(=O)[C@H](C(C)C)N(C)C(=O)[C@@H](C)N)C(C)C. The molecule has 1 aromatic carbocycles. The number of ether oxygens (including phenoxy) is 2. The Bertz CT molecular complexity index is 1490. The zero-order valence-electron chi connectivity index (χ0n) is 36.2. The van der Waals surface area contributed by atoms with Gasteiger partial charge in [0.2, 0.25) is 29.5 Å². The largest absolute Gasteiger partial charge is 0.480 e. The highest BCUT2D eigenvalue weighted by Gasteiger charge is 2.44. The van der Waals surface area contributed by atoms with E-state index in [4.69, 9.17) is 15.2 Å². The van der Waals surface area contributed by atoms with Gasteiger partial charge in [0.25, 0.3) is 0 Å². The number of likely N-dealkylation sites (tertiary alicyclic amines) is 1. The van der Waals surface area contributed by atoms with Crippen LogP contribution in [0.2, 0.25) is 0 Å². The molecule has 0 spiro atoms. The van der Waals surface area contributed by atoms with Gasteiger partial charge in [0.05, 0.1) is 42.7 Å². The Morgan fingerprint density at radius 2 is 1.49 bits per heavy atom. The first kappa shape index (κ1) is 49.1. The second-order valence-corrected chi connectivity index (χ2v) is 16.3. The van der Waals surface area contributed by atoms with Crippen LogP contribution >= 0.6 is 0 Å². The molecule has 5 N–H and O–H groups in total. The fraction of sp³-hybridized carbons (Fsp3) is 0.714. The fourth-order valence-corrected chi connectivity index (χ4v) is 8.01. The molecule has 1 saturated heterocycles. The van der Waals surface area contributed by atoms with E-state index >= 15 is 0 Å². The number of carbonyl (C=O) groups excluding carboxylic acids is 5. The quantitative estimate of drug-likeness (QED) is 0.135. The Balaban J connectivity index is 2.30. The number of hydrogen-bond donors (Lipinski definition) is 4. The van der Waals surface area contributed by atoms with Crippen LogP contribution in [-0.2, 0) is 44.7 Å².